The molecule has 1 fully saturated rings. The van der Waals surface area contributed by atoms with Gasteiger partial charge in [-0.15, -0.1) is 0 Å². The maximum absolute atomic E-state index is 10.3. The molecule has 1 aliphatic heterocycles. The van der Waals surface area contributed by atoms with Crippen LogP contribution in [0.25, 0.3) is 0 Å². The fraction of sp³-hybridized carbons (Fsp3) is 0.421. The summed E-state index contributed by atoms with van der Waals surface area (Å²) in [5.41, 5.74) is 0. The van der Waals surface area contributed by atoms with Crippen LogP contribution in [0.3, 0.4) is 0 Å². The number of H-pyrrole nitrogens is 1. The monoisotopic (exact) mass is 345 g/mol. The molecule has 134 valence electrons. The zero-order valence-electron chi connectivity index (χ0n) is 14.6. The zero-order chi connectivity index (χ0) is 17.5. The highest BCUT2D eigenvalue weighted by atomic mass is 16.5. The molecule has 1 aromatic carbocycles. The number of hydrogen-bond acceptors (Lipinski definition) is 4. The molecule has 1 saturated heterocycles. The second-order valence-corrected chi connectivity index (χ2v) is 6.33. The van der Waals surface area contributed by atoms with Crippen LogP contribution in [0.1, 0.15) is 0 Å². The van der Waals surface area contributed by atoms with Crippen LogP contribution in [0.15, 0.2) is 48.7 Å². The molecule has 1 aromatic heterocycles. The molecule has 1 atom stereocenters. The van der Waals surface area contributed by atoms with E-state index >= 15 is 0 Å². The minimum atomic E-state index is -0.476. The summed E-state index contributed by atoms with van der Waals surface area (Å²) in [6, 6.07) is 13.6. The smallest absolute Gasteiger partial charge is 0.274 e. The highest BCUT2D eigenvalue weighted by Gasteiger charge is 2.27. The average molecular weight is 345 g/mol. The van der Waals surface area contributed by atoms with Crippen LogP contribution >= 0.6 is 0 Å². The van der Waals surface area contributed by atoms with E-state index in [0.29, 0.717) is 13.2 Å². The van der Waals surface area contributed by atoms with Gasteiger partial charge >= 0.3 is 0 Å². The Morgan fingerprint density at radius 1 is 1.16 bits per heavy atom. The first kappa shape index (κ1) is 17.5. The lowest BCUT2D eigenvalue weighted by Gasteiger charge is -2.29. The molecule has 6 heteroatoms. The van der Waals surface area contributed by atoms with E-state index in [4.69, 9.17) is 9.47 Å². The van der Waals surface area contributed by atoms with E-state index in [1.165, 1.54) is 4.90 Å². The number of benzene rings is 1. The molecule has 3 rings (SSSR count). The van der Waals surface area contributed by atoms with Gasteiger partial charge in [0.05, 0.1) is 13.3 Å². The number of nitrogens with one attached hydrogen (secondary N) is 2. The Hall–Kier alpha value is -2.31. The molecule has 0 aliphatic carbocycles. The van der Waals surface area contributed by atoms with Gasteiger partial charge in [0, 0.05) is 12.1 Å². The number of aliphatic hydroxyl groups excluding tert-OH is 1. The summed E-state index contributed by atoms with van der Waals surface area (Å²) in [6.45, 7) is 5.00. The molecule has 2 aromatic rings. The lowest BCUT2D eigenvalue weighted by atomic mass is 10.2. The fourth-order valence-electron chi connectivity index (χ4n) is 3.12. The quantitative estimate of drug-likeness (QED) is 0.720. The molecule has 1 aliphatic rings. The van der Waals surface area contributed by atoms with Crippen LogP contribution < -0.4 is 24.3 Å². The molecule has 25 heavy (non-hydrogen) atoms. The van der Waals surface area contributed by atoms with Crippen LogP contribution in [-0.2, 0) is 0 Å². The minimum Gasteiger partial charge on any atom is -0.497 e. The Bertz CT molecular complexity index is 645. The normalized spacial score (nSPS) is 16.5. The topological polar surface area (TPSA) is 60.5 Å². The van der Waals surface area contributed by atoms with E-state index in [9.17, 15) is 5.11 Å². The zero-order valence-corrected chi connectivity index (χ0v) is 14.6. The number of nitrogens with zero attached hydrogens (tertiary/aromatic N) is 1. The van der Waals surface area contributed by atoms with E-state index in [1.54, 1.807) is 7.11 Å². The number of rotatable bonds is 7. The summed E-state index contributed by atoms with van der Waals surface area (Å²) in [4.78, 5) is 7.04. The Balaban J connectivity index is 1.41. The predicted molar refractivity (Wildman–Crippen MR) is 95.3 cm³/mol. The number of quaternary nitrogens is 1. The molecular formula is C19H27N3O3+2. The number of anilines is 1. The van der Waals surface area contributed by atoms with Crippen LogP contribution in [0.5, 0.6) is 11.5 Å². The lowest BCUT2D eigenvalue weighted by molar-refractivity contribution is -0.903. The largest absolute Gasteiger partial charge is 0.497 e. The van der Waals surface area contributed by atoms with Crippen molar-refractivity contribution in [3.8, 4) is 11.5 Å². The second-order valence-electron chi connectivity index (χ2n) is 6.33. The van der Waals surface area contributed by atoms with Crippen molar-refractivity contribution in [2.45, 2.75) is 6.10 Å². The maximum Gasteiger partial charge on any atom is 0.274 e. The molecule has 6 nitrogen and oxygen atoms in total. The molecular weight excluding hydrogens is 318 g/mol. The Kier molecular flexibility index (Phi) is 6.09. The van der Waals surface area contributed by atoms with Crippen molar-refractivity contribution in [1.82, 2.24) is 0 Å². The first-order valence-electron chi connectivity index (χ1n) is 8.75. The van der Waals surface area contributed by atoms with E-state index in [1.807, 2.05) is 42.6 Å². The Morgan fingerprint density at radius 2 is 1.96 bits per heavy atom. The summed E-state index contributed by atoms with van der Waals surface area (Å²) in [6.07, 6.45) is 1.48. The molecule has 3 N–H and O–H groups in total. The molecule has 2 heterocycles. The maximum atomic E-state index is 10.3. The molecule has 0 spiro atoms. The number of ether oxygens (including phenoxy) is 2. The van der Waals surface area contributed by atoms with Gasteiger partial charge in [0.2, 0.25) is 0 Å². The number of piperazine rings is 1. The van der Waals surface area contributed by atoms with Crippen molar-refractivity contribution >= 4 is 5.82 Å². The number of aromatic nitrogens is 1. The number of aliphatic hydroxyl groups is 1. The van der Waals surface area contributed by atoms with Crippen LogP contribution in [0.4, 0.5) is 5.82 Å². The first-order valence-corrected chi connectivity index (χ1v) is 8.75. The summed E-state index contributed by atoms with van der Waals surface area (Å²) in [7, 11) is 1.63. The molecule has 0 bridgehead atoms. The van der Waals surface area contributed by atoms with Crippen molar-refractivity contribution in [3.05, 3.63) is 48.7 Å². The number of hydrogen-bond donors (Lipinski definition) is 2. The van der Waals surface area contributed by atoms with Gasteiger partial charge in [-0.1, -0.05) is 12.1 Å². The van der Waals surface area contributed by atoms with E-state index in [2.05, 4.69) is 16.0 Å². The fourth-order valence-corrected chi connectivity index (χ4v) is 3.12. The van der Waals surface area contributed by atoms with E-state index in [-0.39, 0.29) is 0 Å². The summed E-state index contributed by atoms with van der Waals surface area (Å²) < 4.78 is 10.9. The third kappa shape index (κ3) is 5.08. The predicted octanol–water partition coefficient (Wildman–Crippen LogP) is -0.346. The van der Waals surface area contributed by atoms with Crippen molar-refractivity contribution in [2.75, 3.05) is 51.3 Å². The van der Waals surface area contributed by atoms with Gasteiger partial charge in [-0.05, 0) is 18.2 Å². The SMILES string of the molecule is COc1cccc(OC[C@@H](O)C[NH+]2CCN(c3cccc[nH+]3)CC2)c1. The molecule has 0 radical (unpaired) electrons. The van der Waals surface area contributed by atoms with Crippen molar-refractivity contribution in [3.63, 3.8) is 0 Å². The Labute approximate surface area is 148 Å². The van der Waals surface area contributed by atoms with Crippen LogP contribution in [0, 0.1) is 0 Å². The number of aromatic amines is 1. The van der Waals surface area contributed by atoms with Gasteiger partial charge in [0.15, 0.2) is 0 Å². The summed E-state index contributed by atoms with van der Waals surface area (Å²) in [5.74, 6) is 2.63. The van der Waals surface area contributed by atoms with Gasteiger partial charge in [-0.3, -0.25) is 4.90 Å². The standard InChI is InChI=1S/C19H25N3O3/c1-24-17-5-4-6-18(13-17)25-15-16(23)14-21-9-11-22(12-10-21)19-7-2-3-8-20-19/h2-8,13,16,23H,9-12,14-15H2,1H3/p+2/t16-/m0/s1. The van der Waals surface area contributed by atoms with Gasteiger partial charge < -0.3 is 19.5 Å². The van der Waals surface area contributed by atoms with Gasteiger partial charge in [0.25, 0.3) is 5.82 Å². The third-order valence-corrected chi connectivity index (χ3v) is 4.51. The van der Waals surface area contributed by atoms with E-state index < -0.39 is 6.10 Å². The van der Waals surface area contributed by atoms with Gasteiger partial charge in [0.1, 0.15) is 56.9 Å². The molecule has 0 saturated carbocycles. The van der Waals surface area contributed by atoms with E-state index in [0.717, 1.165) is 43.5 Å². The van der Waals surface area contributed by atoms with Crippen LogP contribution in [-0.4, -0.2) is 57.7 Å². The average Bonchev–Trinajstić information content (AvgIpc) is 2.68. The first-order chi connectivity index (χ1) is 12.2. The van der Waals surface area contributed by atoms with Crippen molar-refractivity contribution < 1.29 is 24.5 Å². The highest BCUT2D eigenvalue weighted by molar-refractivity contribution is 5.33. The lowest BCUT2D eigenvalue weighted by Crippen LogP contribution is -3.16. The number of pyridine rings is 1. The highest BCUT2D eigenvalue weighted by Crippen LogP contribution is 2.18. The van der Waals surface area contributed by atoms with Gasteiger partial charge in [-0.25, -0.2) is 4.98 Å². The summed E-state index contributed by atoms with van der Waals surface area (Å²) in [5, 5.41) is 10.3. The summed E-state index contributed by atoms with van der Waals surface area (Å²) >= 11 is 0. The Morgan fingerprint density at radius 3 is 2.68 bits per heavy atom. The third-order valence-electron chi connectivity index (χ3n) is 4.51. The molecule has 0 amide bonds. The second kappa shape index (κ2) is 8.69. The molecule has 0 unspecified atom stereocenters. The van der Waals surface area contributed by atoms with Gasteiger partial charge in [-0.2, -0.15) is 0 Å². The van der Waals surface area contributed by atoms with Crippen molar-refractivity contribution in [2.24, 2.45) is 0 Å². The van der Waals surface area contributed by atoms with Crippen molar-refractivity contribution in [1.29, 1.82) is 0 Å². The minimum absolute atomic E-state index is 0.298. The van der Waals surface area contributed by atoms with Crippen LogP contribution in [0.2, 0.25) is 0 Å². The number of methoxy groups -OCH3 is 1.